The Kier molecular flexibility index (Phi) is 5.85. The summed E-state index contributed by atoms with van der Waals surface area (Å²) in [5, 5.41) is 0. The first kappa shape index (κ1) is 20.5. The molecule has 0 saturated carbocycles. The number of hydrogen-bond donors (Lipinski definition) is 1. The van der Waals surface area contributed by atoms with Gasteiger partial charge in [0.25, 0.3) is 0 Å². The minimum absolute atomic E-state index is 0.0810. The first-order valence-electron chi connectivity index (χ1n) is 10.4. The molecule has 8 heteroatoms. The van der Waals surface area contributed by atoms with E-state index < -0.39 is 11.2 Å². The van der Waals surface area contributed by atoms with Crippen molar-refractivity contribution in [2.75, 3.05) is 43.9 Å². The van der Waals surface area contributed by atoms with Gasteiger partial charge in [-0.05, 0) is 31.9 Å². The lowest BCUT2D eigenvalue weighted by Crippen LogP contribution is -2.43. The minimum Gasteiger partial charge on any atom is -0.461 e. The Morgan fingerprint density at radius 1 is 1.30 bits per heavy atom. The van der Waals surface area contributed by atoms with Gasteiger partial charge in [-0.2, -0.15) is 4.98 Å². The number of halogens is 1. The van der Waals surface area contributed by atoms with Crippen LogP contribution in [0.5, 0.6) is 0 Å². The summed E-state index contributed by atoms with van der Waals surface area (Å²) in [4.78, 5) is 24.9. The van der Waals surface area contributed by atoms with Gasteiger partial charge in [0.2, 0.25) is 5.95 Å². The molecule has 1 unspecified atom stereocenters. The van der Waals surface area contributed by atoms with E-state index in [4.69, 9.17) is 10.5 Å². The van der Waals surface area contributed by atoms with Gasteiger partial charge >= 0.3 is 5.97 Å². The molecule has 1 atom stereocenters. The molecule has 0 aliphatic carbocycles. The molecule has 2 aromatic rings. The quantitative estimate of drug-likeness (QED) is 0.727. The summed E-state index contributed by atoms with van der Waals surface area (Å²) in [5.74, 6) is -0.458. The molecule has 0 amide bonds. The van der Waals surface area contributed by atoms with Gasteiger partial charge in [-0.15, -0.1) is 0 Å². The molecule has 2 aliphatic rings. The van der Waals surface area contributed by atoms with Crippen molar-refractivity contribution in [2.45, 2.75) is 31.8 Å². The van der Waals surface area contributed by atoms with Crippen molar-refractivity contribution in [3.05, 3.63) is 47.9 Å². The lowest BCUT2D eigenvalue weighted by atomic mass is 9.76. The maximum Gasteiger partial charge on any atom is 0.312 e. The number of ether oxygens (including phenoxy) is 1. The Bertz CT molecular complexity index is 886. The fourth-order valence-corrected chi connectivity index (χ4v) is 4.41. The molecule has 2 saturated heterocycles. The van der Waals surface area contributed by atoms with Crippen LogP contribution in [-0.2, 0) is 16.0 Å². The van der Waals surface area contributed by atoms with Crippen LogP contribution >= 0.6 is 0 Å². The van der Waals surface area contributed by atoms with Crippen LogP contribution in [0.25, 0.3) is 0 Å². The fourth-order valence-electron chi connectivity index (χ4n) is 4.41. The summed E-state index contributed by atoms with van der Waals surface area (Å²) in [6, 6.07) is 10.4. The van der Waals surface area contributed by atoms with Crippen LogP contribution in [0.3, 0.4) is 0 Å². The number of cyclic esters (lactones) is 1. The van der Waals surface area contributed by atoms with Crippen molar-refractivity contribution in [1.82, 2.24) is 14.9 Å². The van der Waals surface area contributed by atoms with E-state index in [0.717, 1.165) is 32.1 Å². The lowest BCUT2D eigenvalue weighted by molar-refractivity contribution is -0.150. The molecule has 1 spiro atoms. The van der Waals surface area contributed by atoms with Crippen LogP contribution in [0.2, 0.25) is 0 Å². The summed E-state index contributed by atoms with van der Waals surface area (Å²) in [7, 11) is 2.07. The topological polar surface area (TPSA) is 84.6 Å². The number of likely N-dealkylation sites (N-methyl/N-ethyl adjacent to an activating group) is 1. The van der Waals surface area contributed by atoms with E-state index in [-0.39, 0.29) is 17.9 Å². The highest BCUT2D eigenvalue weighted by Crippen LogP contribution is 2.43. The number of hydrogen-bond acceptors (Lipinski definition) is 7. The standard InChI is InChI=1S/C22H28FN5O2/c1-27(10-7-16-5-3-2-4-6-16)15-17-13-22(20(29)30-17)8-11-28(12-9-22)21-25-14-18(23)19(24)26-21/h2-6,14,17H,7-13,15H2,1H3,(H2,24,25,26). The van der Waals surface area contributed by atoms with E-state index in [9.17, 15) is 9.18 Å². The lowest BCUT2D eigenvalue weighted by Gasteiger charge is -2.36. The number of benzene rings is 1. The van der Waals surface area contributed by atoms with Crippen molar-refractivity contribution >= 4 is 17.7 Å². The third-order valence-corrected chi connectivity index (χ3v) is 6.23. The molecule has 7 nitrogen and oxygen atoms in total. The van der Waals surface area contributed by atoms with Crippen molar-refractivity contribution in [2.24, 2.45) is 5.41 Å². The average molecular weight is 413 g/mol. The Balaban J connectivity index is 1.29. The maximum absolute atomic E-state index is 13.3. The summed E-state index contributed by atoms with van der Waals surface area (Å²) in [6.07, 6.45) is 4.07. The van der Waals surface area contributed by atoms with Gasteiger partial charge in [0.15, 0.2) is 11.6 Å². The summed E-state index contributed by atoms with van der Waals surface area (Å²) >= 11 is 0. The molecule has 2 aliphatic heterocycles. The van der Waals surface area contributed by atoms with Crippen LogP contribution in [0.4, 0.5) is 16.2 Å². The highest BCUT2D eigenvalue weighted by Gasteiger charge is 2.50. The van der Waals surface area contributed by atoms with Gasteiger partial charge < -0.3 is 20.3 Å². The number of carbonyl (C=O) groups excluding carboxylic acids is 1. The van der Waals surface area contributed by atoms with Crippen molar-refractivity contribution in [1.29, 1.82) is 0 Å². The molecular weight excluding hydrogens is 385 g/mol. The van der Waals surface area contributed by atoms with Gasteiger partial charge in [0, 0.05) is 32.6 Å². The Morgan fingerprint density at radius 2 is 2.03 bits per heavy atom. The van der Waals surface area contributed by atoms with Crippen LogP contribution in [0.15, 0.2) is 36.5 Å². The zero-order chi connectivity index (χ0) is 21.1. The molecule has 1 aromatic carbocycles. The molecule has 3 heterocycles. The number of esters is 1. The van der Waals surface area contributed by atoms with E-state index in [2.05, 4.69) is 46.2 Å². The van der Waals surface area contributed by atoms with E-state index in [0.29, 0.717) is 31.9 Å². The number of nitrogens with zero attached hydrogens (tertiary/aromatic N) is 4. The van der Waals surface area contributed by atoms with Crippen molar-refractivity contribution in [3.8, 4) is 0 Å². The normalized spacial score (nSPS) is 20.7. The second-order valence-electron chi connectivity index (χ2n) is 8.40. The molecule has 2 fully saturated rings. The first-order chi connectivity index (χ1) is 14.4. The van der Waals surface area contributed by atoms with E-state index in [1.165, 1.54) is 5.56 Å². The molecular formula is C22H28FN5O2. The Hall–Kier alpha value is -2.74. The third-order valence-electron chi connectivity index (χ3n) is 6.23. The molecule has 4 rings (SSSR count). The number of rotatable bonds is 6. The predicted molar refractivity (Wildman–Crippen MR) is 112 cm³/mol. The summed E-state index contributed by atoms with van der Waals surface area (Å²) < 4.78 is 19.1. The second kappa shape index (κ2) is 8.55. The smallest absolute Gasteiger partial charge is 0.312 e. The molecule has 160 valence electrons. The minimum atomic E-state index is -0.620. The van der Waals surface area contributed by atoms with Crippen LogP contribution in [0.1, 0.15) is 24.8 Å². The van der Waals surface area contributed by atoms with Crippen LogP contribution < -0.4 is 10.6 Å². The number of aromatic nitrogens is 2. The third kappa shape index (κ3) is 4.38. The van der Waals surface area contributed by atoms with Crippen molar-refractivity contribution in [3.63, 3.8) is 0 Å². The SMILES string of the molecule is CN(CCc1ccccc1)CC1CC2(CCN(c3ncc(F)c(N)n3)CC2)C(=O)O1. The molecule has 0 bridgehead atoms. The molecule has 30 heavy (non-hydrogen) atoms. The van der Waals surface area contributed by atoms with Crippen molar-refractivity contribution < 1.29 is 13.9 Å². The molecule has 0 radical (unpaired) electrons. The van der Waals surface area contributed by atoms with E-state index >= 15 is 0 Å². The predicted octanol–water partition coefficient (Wildman–Crippen LogP) is 2.27. The largest absolute Gasteiger partial charge is 0.461 e. The highest BCUT2D eigenvalue weighted by molar-refractivity contribution is 5.79. The molecule has 2 N–H and O–H groups in total. The van der Waals surface area contributed by atoms with Gasteiger partial charge in [0.1, 0.15) is 6.10 Å². The summed E-state index contributed by atoms with van der Waals surface area (Å²) in [6.45, 7) is 2.90. The van der Waals surface area contributed by atoms with Crippen LogP contribution in [-0.4, -0.2) is 60.2 Å². The highest BCUT2D eigenvalue weighted by atomic mass is 19.1. The van der Waals surface area contributed by atoms with Crippen LogP contribution in [0, 0.1) is 11.2 Å². The Labute approximate surface area is 176 Å². The van der Waals surface area contributed by atoms with Gasteiger partial charge in [-0.3, -0.25) is 4.79 Å². The van der Waals surface area contributed by atoms with Gasteiger partial charge in [-0.25, -0.2) is 9.37 Å². The number of carbonyl (C=O) groups is 1. The number of piperidine rings is 1. The number of anilines is 2. The first-order valence-corrected chi connectivity index (χ1v) is 10.4. The van der Waals surface area contributed by atoms with Gasteiger partial charge in [0.05, 0.1) is 11.6 Å². The van der Waals surface area contributed by atoms with E-state index in [1.54, 1.807) is 0 Å². The zero-order valence-corrected chi connectivity index (χ0v) is 17.3. The fraction of sp³-hybridized carbons (Fsp3) is 0.500. The van der Waals surface area contributed by atoms with Gasteiger partial charge in [-0.1, -0.05) is 30.3 Å². The zero-order valence-electron chi connectivity index (χ0n) is 17.3. The Morgan fingerprint density at radius 3 is 2.73 bits per heavy atom. The maximum atomic E-state index is 13.3. The second-order valence-corrected chi connectivity index (χ2v) is 8.40. The summed E-state index contributed by atoms with van der Waals surface area (Å²) in [5.41, 5.74) is 6.43. The monoisotopic (exact) mass is 413 g/mol. The van der Waals surface area contributed by atoms with E-state index in [1.807, 2.05) is 11.0 Å². The number of nitrogens with two attached hydrogens (primary N) is 1. The average Bonchev–Trinajstić information content (AvgIpc) is 3.04. The molecule has 1 aromatic heterocycles. The number of nitrogen functional groups attached to an aromatic ring is 1.